The van der Waals surface area contributed by atoms with Gasteiger partial charge in [0.1, 0.15) is 6.54 Å². The minimum Gasteiger partial charge on any atom is -0.325 e. The molecular weight excluding hydrogens is 126 g/mol. The second-order valence-electron chi connectivity index (χ2n) is 1.91. The summed E-state index contributed by atoms with van der Waals surface area (Å²) >= 11 is 0. The molecule has 0 aliphatic heterocycles. The molecule has 0 saturated carbocycles. The standard InChI is InChI=1S/C7H9N3/c1-2-4-10-5-3-7(6-8)9-10/h1,3,5H,4,6,8H2. The first-order valence-electron chi connectivity index (χ1n) is 3.02. The Morgan fingerprint density at radius 3 is 3.10 bits per heavy atom. The molecule has 0 aliphatic carbocycles. The number of terminal acetylenes is 1. The fourth-order valence-electron chi connectivity index (χ4n) is 0.694. The molecule has 10 heavy (non-hydrogen) atoms. The fraction of sp³-hybridized carbons (Fsp3) is 0.286. The predicted molar refractivity (Wildman–Crippen MR) is 39.0 cm³/mol. The fourth-order valence-corrected chi connectivity index (χ4v) is 0.694. The zero-order valence-electron chi connectivity index (χ0n) is 5.62. The lowest BCUT2D eigenvalue weighted by atomic mass is 10.4. The van der Waals surface area contributed by atoms with Gasteiger partial charge in [-0.15, -0.1) is 6.42 Å². The Balaban J connectivity index is 2.70. The number of nitrogens with zero attached hydrogens (tertiary/aromatic N) is 2. The van der Waals surface area contributed by atoms with Gasteiger partial charge in [0.15, 0.2) is 0 Å². The lowest BCUT2D eigenvalue weighted by molar-refractivity contribution is 0.697. The van der Waals surface area contributed by atoms with Gasteiger partial charge in [-0.2, -0.15) is 5.10 Å². The summed E-state index contributed by atoms with van der Waals surface area (Å²) in [5.74, 6) is 2.48. The molecule has 0 fully saturated rings. The van der Waals surface area contributed by atoms with Crippen LogP contribution in [0, 0.1) is 12.3 Å². The monoisotopic (exact) mass is 135 g/mol. The molecule has 1 aromatic rings. The Labute approximate surface area is 59.8 Å². The van der Waals surface area contributed by atoms with Crippen molar-refractivity contribution in [3.05, 3.63) is 18.0 Å². The summed E-state index contributed by atoms with van der Waals surface area (Å²) in [6.45, 7) is 0.984. The van der Waals surface area contributed by atoms with Gasteiger partial charge in [-0.05, 0) is 6.07 Å². The average molecular weight is 135 g/mol. The summed E-state index contributed by atoms with van der Waals surface area (Å²) in [6, 6.07) is 1.86. The molecule has 3 heteroatoms. The van der Waals surface area contributed by atoms with E-state index < -0.39 is 0 Å². The maximum atomic E-state index is 5.33. The highest BCUT2D eigenvalue weighted by molar-refractivity contribution is 4.99. The second-order valence-corrected chi connectivity index (χ2v) is 1.91. The van der Waals surface area contributed by atoms with E-state index in [2.05, 4.69) is 11.0 Å². The SMILES string of the molecule is C#CCn1ccc(CN)n1. The Bertz CT molecular complexity index is 244. The molecule has 1 rings (SSSR count). The topological polar surface area (TPSA) is 43.8 Å². The Kier molecular flexibility index (Phi) is 2.08. The zero-order valence-corrected chi connectivity index (χ0v) is 5.62. The van der Waals surface area contributed by atoms with E-state index in [1.54, 1.807) is 4.68 Å². The quantitative estimate of drug-likeness (QED) is 0.579. The lowest BCUT2D eigenvalue weighted by Gasteiger charge is -1.90. The van der Waals surface area contributed by atoms with Gasteiger partial charge < -0.3 is 5.73 Å². The van der Waals surface area contributed by atoms with Crippen molar-refractivity contribution in [1.29, 1.82) is 0 Å². The molecule has 0 unspecified atom stereocenters. The molecule has 52 valence electrons. The molecule has 0 aromatic carbocycles. The molecule has 1 aromatic heterocycles. The third-order valence-electron chi connectivity index (χ3n) is 1.16. The van der Waals surface area contributed by atoms with E-state index in [0.29, 0.717) is 13.1 Å². The minimum absolute atomic E-state index is 0.470. The van der Waals surface area contributed by atoms with Gasteiger partial charge in [0.05, 0.1) is 5.69 Å². The number of hydrogen-bond donors (Lipinski definition) is 1. The highest BCUT2D eigenvalue weighted by Gasteiger charge is 1.92. The van der Waals surface area contributed by atoms with E-state index in [-0.39, 0.29) is 0 Å². The van der Waals surface area contributed by atoms with Crippen LogP contribution in [-0.4, -0.2) is 9.78 Å². The van der Waals surface area contributed by atoms with E-state index in [4.69, 9.17) is 12.2 Å². The smallest absolute Gasteiger partial charge is 0.101 e. The first kappa shape index (κ1) is 6.84. The normalized spacial score (nSPS) is 9.20. The van der Waals surface area contributed by atoms with Crippen LogP contribution in [0.5, 0.6) is 0 Å². The molecule has 0 aliphatic rings. The van der Waals surface area contributed by atoms with Gasteiger partial charge in [-0.25, -0.2) is 0 Å². The third kappa shape index (κ3) is 1.36. The third-order valence-corrected chi connectivity index (χ3v) is 1.16. The summed E-state index contributed by atoms with van der Waals surface area (Å²) < 4.78 is 1.68. The van der Waals surface area contributed by atoms with Gasteiger partial charge >= 0.3 is 0 Å². The van der Waals surface area contributed by atoms with E-state index >= 15 is 0 Å². The van der Waals surface area contributed by atoms with Gasteiger partial charge in [0, 0.05) is 12.7 Å². The van der Waals surface area contributed by atoms with Crippen LogP contribution in [-0.2, 0) is 13.1 Å². The summed E-state index contributed by atoms with van der Waals surface area (Å²) in [5, 5.41) is 4.07. The van der Waals surface area contributed by atoms with Crippen molar-refractivity contribution >= 4 is 0 Å². The molecule has 0 radical (unpaired) electrons. The second kappa shape index (κ2) is 3.04. The molecule has 0 saturated heterocycles. The highest BCUT2D eigenvalue weighted by Crippen LogP contribution is 1.92. The van der Waals surface area contributed by atoms with Crippen LogP contribution in [0.2, 0.25) is 0 Å². The van der Waals surface area contributed by atoms with Gasteiger partial charge in [0.2, 0.25) is 0 Å². The van der Waals surface area contributed by atoms with Gasteiger partial charge in [0.25, 0.3) is 0 Å². The average Bonchev–Trinajstić information content (AvgIpc) is 2.37. The molecular formula is C7H9N3. The van der Waals surface area contributed by atoms with Crippen molar-refractivity contribution in [1.82, 2.24) is 9.78 Å². The Hall–Kier alpha value is -1.27. The number of hydrogen-bond acceptors (Lipinski definition) is 2. The molecule has 0 atom stereocenters. The van der Waals surface area contributed by atoms with Crippen LogP contribution in [0.25, 0.3) is 0 Å². The summed E-state index contributed by atoms with van der Waals surface area (Å²) in [4.78, 5) is 0. The predicted octanol–water partition coefficient (Wildman–Crippen LogP) is -0.0250. The zero-order chi connectivity index (χ0) is 7.40. The molecule has 2 N–H and O–H groups in total. The van der Waals surface area contributed by atoms with Crippen molar-refractivity contribution in [3.8, 4) is 12.3 Å². The first-order valence-corrected chi connectivity index (χ1v) is 3.02. The Morgan fingerprint density at radius 1 is 1.80 bits per heavy atom. The van der Waals surface area contributed by atoms with Gasteiger partial charge in [-0.1, -0.05) is 5.92 Å². The van der Waals surface area contributed by atoms with Crippen LogP contribution in [0.3, 0.4) is 0 Å². The summed E-state index contributed by atoms with van der Waals surface area (Å²) in [5.41, 5.74) is 6.20. The minimum atomic E-state index is 0.470. The lowest BCUT2D eigenvalue weighted by Crippen LogP contribution is -2.00. The maximum Gasteiger partial charge on any atom is 0.101 e. The molecule has 0 bridgehead atoms. The summed E-state index contributed by atoms with van der Waals surface area (Å²) in [7, 11) is 0. The van der Waals surface area contributed by atoms with E-state index in [0.717, 1.165) is 5.69 Å². The molecule has 3 nitrogen and oxygen atoms in total. The van der Waals surface area contributed by atoms with Crippen molar-refractivity contribution in [2.45, 2.75) is 13.1 Å². The Morgan fingerprint density at radius 2 is 2.60 bits per heavy atom. The van der Waals surface area contributed by atoms with Crippen molar-refractivity contribution in [2.24, 2.45) is 5.73 Å². The van der Waals surface area contributed by atoms with E-state index in [1.165, 1.54) is 0 Å². The first-order chi connectivity index (χ1) is 4.86. The van der Waals surface area contributed by atoms with Crippen LogP contribution >= 0.6 is 0 Å². The van der Waals surface area contributed by atoms with E-state index in [1.807, 2.05) is 12.3 Å². The van der Waals surface area contributed by atoms with Crippen molar-refractivity contribution < 1.29 is 0 Å². The maximum absolute atomic E-state index is 5.33. The van der Waals surface area contributed by atoms with Crippen LogP contribution in [0.4, 0.5) is 0 Å². The molecule has 0 amide bonds. The van der Waals surface area contributed by atoms with Gasteiger partial charge in [-0.3, -0.25) is 4.68 Å². The van der Waals surface area contributed by atoms with Crippen molar-refractivity contribution in [3.63, 3.8) is 0 Å². The van der Waals surface area contributed by atoms with Crippen LogP contribution < -0.4 is 5.73 Å². The summed E-state index contributed by atoms with van der Waals surface area (Å²) in [6.07, 6.45) is 6.89. The molecule has 0 spiro atoms. The molecule has 1 heterocycles. The van der Waals surface area contributed by atoms with Crippen LogP contribution in [0.1, 0.15) is 5.69 Å². The number of rotatable bonds is 2. The number of aromatic nitrogens is 2. The largest absolute Gasteiger partial charge is 0.325 e. The van der Waals surface area contributed by atoms with E-state index in [9.17, 15) is 0 Å². The van der Waals surface area contributed by atoms with Crippen LogP contribution in [0.15, 0.2) is 12.3 Å². The highest BCUT2D eigenvalue weighted by atomic mass is 15.3. The number of nitrogens with two attached hydrogens (primary N) is 1. The van der Waals surface area contributed by atoms with Crippen molar-refractivity contribution in [2.75, 3.05) is 0 Å².